The van der Waals surface area contributed by atoms with Crippen molar-refractivity contribution >= 4 is 44.9 Å². The predicted octanol–water partition coefficient (Wildman–Crippen LogP) is 4.87. The van der Waals surface area contributed by atoms with Crippen molar-refractivity contribution in [2.75, 3.05) is 5.43 Å². The minimum absolute atomic E-state index is 0.784. The zero-order chi connectivity index (χ0) is 15.5. The maximum absolute atomic E-state index is 4.53. The highest BCUT2D eigenvalue weighted by atomic mass is 32.1. The van der Waals surface area contributed by atoms with Gasteiger partial charge in [-0.05, 0) is 35.2 Å². The van der Waals surface area contributed by atoms with Gasteiger partial charge in [0.1, 0.15) is 0 Å². The number of hydrogen-bond donors (Lipinski definition) is 1. The summed E-state index contributed by atoms with van der Waals surface area (Å²) < 4.78 is 0. The Kier molecular flexibility index (Phi) is 3.83. The number of nitrogens with one attached hydrogen (secondary N) is 1. The van der Waals surface area contributed by atoms with Gasteiger partial charge in [0.05, 0.1) is 22.3 Å². The second-order valence-corrected chi connectivity index (χ2v) is 6.65. The maximum Gasteiger partial charge on any atom is 0.203 e. The quantitative estimate of drug-likeness (QED) is 0.427. The minimum atomic E-state index is 0.784. The molecule has 0 aliphatic rings. The summed E-state index contributed by atoms with van der Waals surface area (Å²) in [5.41, 5.74) is 5.98. The van der Waals surface area contributed by atoms with Gasteiger partial charge in [0.2, 0.25) is 5.13 Å². The summed E-state index contributed by atoms with van der Waals surface area (Å²) >= 11 is 3.23. The van der Waals surface area contributed by atoms with Crippen LogP contribution in [0.1, 0.15) is 5.56 Å². The predicted molar refractivity (Wildman–Crippen MR) is 98.4 cm³/mol. The van der Waals surface area contributed by atoms with Crippen molar-refractivity contribution in [2.24, 2.45) is 5.10 Å². The Morgan fingerprint density at radius 2 is 2.09 bits per heavy atom. The van der Waals surface area contributed by atoms with Crippen LogP contribution in [0.25, 0.3) is 21.5 Å². The molecule has 0 saturated heterocycles. The summed E-state index contributed by atoms with van der Waals surface area (Å²) in [7, 11) is 0. The number of aromatic nitrogens is 2. The number of fused-ring (bicyclic) bond motifs is 1. The van der Waals surface area contributed by atoms with E-state index in [1.165, 1.54) is 4.88 Å². The Labute approximate surface area is 141 Å². The van der Waals surface area contributed by atoms with Crippen molar-refractivity contribution in [3.05, 3.63) is 65.0 Å². The summed E-state index contributed by atoms with van der Waals surface area (Å²) in [6, 6.07) is 14.1. The number of thiazole rings is 1. The number of thiophene rings is 1. The fourth-order valence-electron chi connectivity index (χ4n) is 2.20. The van der Waals surface area contributed by atoms with E-state index in [-0.39, 0.29) is 0 Å². The topological polar surface area (TPSA) is 50.2 Å². The van der Waals surface area contributed by atoms with Crippen LogP contribution in [0, 0.1) is 0 Å². The smallest absolute Gasteiger partial charge is 0.203 e. The lowest BCUT2D eigenvalue weighted by Crippen LogP contribution is -1.90. The standard InChI is InChI=1S/C17H12N4S2/c1-3-13-9-12(5-6-14(13)18-7-1)10-19-21-17-20-15(11-23-17)16-4-2-8-22-16/h1-11H,(H,20,21). The maximum atomic E-state index is 4.53. The van der Waals surface area contributed by atoms with Crippen molar-refractivity contribution in [3.63, 3.8) is 0 Å². The summed E-state index contributed by atoms with van der Waals surface area (Å²) in [5, 5.41) is 10.2. The molecule has 112 valence electrons. The first-order valence-electron chi connectivity index (χ1n) is 7.02. The van der Waals surface area contributed by atoms with E-state index < -0.39 is 0 Å². The number of rotatable bonds is 4. The Hall–Kier alpha value is -2.57. The number of hydrogen-bond acceptors (Lipinski definition) is 6. The van der Waals surface area contributed by atoms with Gasteiger partial charge >= 0.3 is 0 Å². The van der Waals surface area contributed by atoms with Gasteiger partial charge in [-0.1, -0.05) is 18.2 Å². The summed E-state index contributed by atoms with van der Waals surface area (Å²) in [5.74, 6) is 0. The molecule has 1 N–H and O–H groups in total. The van der Waals surface area contributed by atoms with Crippen LogP contribution in [0.15, 0.2) is 64.5 Å². The summed E-state index contributed by atoms with van der Waals surface area (Å²) in [6.07, 6.45) is 3.59. The van der Waals surface area contributed by atoms with Crippen LogP contribution in [0.5, 0.6) is 0 Å². The molecule has 23 heavy (non-hydrogen) atoms. The molecule has 0 aliphatic heterocycles. The first-order chi connectivity index (χ1) is 11.4. The largest absolute Gasteiger partial charge is 0.256 e. The van der Waals surface area contributed by atoms with Crippen molar-refractivity contribution < 1.29 is 0 Å². The molecular formula is C17H12N4S2. The van der Waals surface area contributed by atoms with Crippen LogP contribution >= 0.6 is 22.7 Å². The second-order valence-electron chi connectivity index (χ2n) is 4.84. The summed E-state index contributed by atoms with van der Waals surface area (Å²) in [6.45, 7) is 0. The molecule has 0 spiro atoms. The monoisotopic (exact) mass is 336 g/mol. The molecule has 0 bridgehead atoms. The van der Waals surface area contributed by atoms with E-state index in [4.69, 9.17) is 0 Å². The lowest BCUT2D eigenvalue weighted by Gasteiger charge is -1.98. The average molecular weight is 336 g/mol. The molecule has 0 fully saturated rings. The lowest BCUT2D eigenvalue weighted by molar-refractivity contribution is 1.29. The van der Waals surface area contributed by atoms with E-state index in [1.54, 1.807) is 35.1 Å². The molecule has 0 saturated carbocycles. The Morgan fingerprint density at radius 1 is 1.09 bits per heavy atom. The van der Waals surface area contributed by atoms with Crippen molar-refractivity contribution in [3.8, 4) is 10.6 Å². The van der Waals surface area contributed by atoms with Crippen LogP contribution in [0.2, 0.25) is 0 Å². The highest BCUT2D eigenvalue weighted by Gasteiger charge is 2.04. The third-order valence-electron chi connectivity index (χ3n) is 3.28. The van der Waals surface area contributed by atoms with Gasteiger partial charge in [-0.25, -0.2) is 4.98 Å². The molecule has 0 aliphatic carbocycles. The molecule has 4 rings (SSSR count). The van der Waals surface area contributed by atoms with Gasteiger partial charge in [-0.2, -0.15) is 5.10 Å². The van der Waals surface area contributed by atoms with Crippen LogP contribution < -0.4 is 5.43 Å². The van der Waals surface area contributed by atoms with Gasteiger partial charge in [-0.15, -0.1) is 22.7 Å². The van der Waals surface area contributed by atoms with E-state index in [0.717, 1.165) is 27.3 Å². The van der Waals surface area contributed by atoms with E-state index in [9.17, 15) is 0 Å². The Balaban J connectivity index is 1.48. The molecule has 1 aromatic carbocycles. The van der Waals surface area contributed by atoms with Crippen molar-refractivity contribution in [2.45, 2.75) is 0 Å². The van der Waals surface area contributed by atoms with Crippen LogP contribution in [-0.2, 0) is 0 Å². The van der Waals surface area contributed by atoms with Crippen LogP contribution in [0.4, 0.5) is 5.13 Å². The Morgan fingerprint density at radius 3 is 3.00 bits per heavy atom. The number of anilines is 1. The molecule has 3 heterocycles. The minimum Gasteiger partial charge on any atom is -0.256 e. The number of hydrazone groups is 1. The third-order valence-corrected chi connectivity index (χ3v) is 4.92. The molecule has 0 atom stereocenters. The second kappa shape index (κ2) is 6.28. The number of pyridine rings is 1. The van der Waals surface area contributed by atoms with Crippen molar-refractivity contribution in [1.29, 1.82) is 0 Å². The van der Waals surface area contributed by atoms with Crippen molar-refractivity contribution in [1.82, 2.24) is 9.97 Å². The third kappa shape index (κ3) is 3.13. The van der Waals surface area contributed by atoms with E-state index in [1.807, 2.05) is 35.7 Å². The van der Waals surface area contributed by atoms with E-state index >= 15 is 0 Å². The van der Waals surface area contributed by atoms with Gasteiger partial charge in [0, 0.05) is 17.0 Å². The van der Waals surface area contributed by atoms with E-state index in [2.05, 4.69) is 38.0 Å². The molecule has 0 amide bonds. The highest BCUT2D eigenvalue weighted by molar-refractivity contribution is 7.15. The SMILES string of the molecule is C(=NNc1nc(-c2cccs2)cs1)c1ccc2ncccc2c1. The van der Waals surface area contributed by atoms with Gasteiger partial charge in [0.25, 0.3) is 0 Å². The molecule has 0 radical (unpaired) electrons. The number of nitrogens with zero attached hydrogens (tertiary/aromatic N) is 3. The molecule has 0 unspecified atom stereocenters. The normalized spacial score (nSPS) is 11.3. The average Bonchev–Trinajstić information content (AvgIpc) is 3.26. The van der Waals surface area contributed by atoms with Gasteiger partial charge in [0.15, 0.2) is 0 Å². The van der Waals surface area contributed by atoms with Crippen LogP contribution in [-0.4, -0.2) is 16.2 Å². The molecular weight excluding hydrogens is 324 g/mol. The fraction of sp³-hybridized carbons (Fsp3) is 0. The zero-order valence-corrected chi connectivity index (χ0v) is 13.6. The first-order valence-corrected chi connectivity index (χ1v) is 8.78. The highest BCUT2D eigenvalue weighted by Crippen LogP contribution is 2.28. The first kappa shape index (κ1) is 14.0. The summed E-state index contributed by atoms with van der Waals surface area (Å²) in [4.78, 5) is 10.0. The molecule has 6 heteroatoms. The fourth-order valence-corrected chi connectivity index (χ4v) is 3.62. The lowest BCUT2D eigenvalue weighted by atomic mass is 10.1. The molecule has 4 nitrogen and oxygen atoms in total. The molecule has 4 aromatic rings. The zero-order valence-electron chi connectivity index (χ0n) is 12.0. The van der Waals surface area contributed by atoms with Crippen LogP contribution in [0.3, 0.4) is 0 Å². The number of benzene rings is 1. The van der Waals surface area contributed by atoms with Gasteiger partial charge < -0.3 is 0 Å². The van der Waals surface area contributed by atoms with E-state index in [0.29, 0.717) is 0 Å². The Bertz CT molecular complexity index is 958. The van der Waals surface area contributed by atoms with Gasteiger partial charge in [-0.3, -0.25) is 10.4 Å². The molecule has 3 aromatic heterocycles.